The summed E-state index contributed by atoms with van der Waals surface area (Å²) in [5, 5.41) is 0. The highest BCUT2D eigenvalue weighted by atomic mass is 16.2. The van der Waals surface area contributed by atoms with Crippen molar-refractivity contribution in [2.75, 3.05) is 20.6 Å². The van der Waals surface area contributed by atoms with Gasteiger partial charge in [-0.3, -0.25) is 14.4 Å². The lowest BCUT2D eigenvalue weighted by atomic mass is 9.50. The number of likely N-dealkylation sites (N-methyl/N-ethyl adjacent to an activating group) is 1. The van der Waals surface area contributed by atoms with Crippen LogP contribution < -0.4 is 0 Å². The number of likely N-dealkylation sites (tertiary alicyclic amines) is 1. The summed E-state index contributed by atoms with van der Waals surface area (Å²) >= 11 is 0. The molecule has 0 aromatic rings. The fourth-order valence-corrected chi connectivity index (χ4v) is 6.67. The van der Waals surface area contributed by atoms with Crippen molar-refractivity contribution < 1.29 is 14.4 Å². The molecule has 27 heavy (non-hydrogen) atoms. The van der Waals surface area contributed by atoms with Crippen LogP contribution in [0.4, 0.5) is 0 Å². The second kappa shape index (κ2) is 6.18. The molecule has 2 saturated carbocycles. The molecule has 1 aliphatic heterocycles. The van der Waals surface area contributed by atoms with E-state index in [1.54, 1.807) is 23.9 Å². The van der Waals surface area contributed by atoms with Crippen molar-refractivity contribution in [1.82, 2.24) is 9.80 Å². The van der Waals surface area contributed by atoms with E-state index in [1.807, 2.05) is 0 Å². The molecule has 3 fully saturated rings. The molecule has 0 radical (unpaired) electrons. The Bertz CT molecular complexity index is 727. The van der Waals surface area contributed by atoms with Gasteiger partial charge in [-0.2, -0.15) is 0 Å². The Hall–Kier alpha value is -1.65. The van der Waals surface area contributed by atoms with Gasteiger partial charge >= 0.3 is 0 Å². The highest BCUT2D eigenvalue weighted by Gasteiger charge is 2.59. The van der Waals surface area contributed by atoms with Gasteiger partial charge in [0, 0.05) is 43.5 Å². The quantitative estimate of drug-likeness (QED) is 0.749. The molecule has 0 unspecified atom stereocenters. The summed E-state index contributed by atoms with van der Waals surface area (Å²) in [6.45, 7) is 4.64. The van der Waals surface area contributed by atoms with E-state index in [-0.39, 0.29) is 29.2 Å². The van der Waals surface area contributed by atoms with Crippen LogP contribution in [-0.4, -0.2) is 48.0 Å². The molecule has 5 atom stereocenters. The van der Waals surface area contributed by atoms with Crippen LogP contribution in [-0.2, 0) is 14.4 Å². The molecule has 0 aromatic heterocycles. The first-order chi connectivity index (χ1) is 12.7. The van der Waals surface area contributed by atoms with Crippen LogP contribution >= 0.6 is 0 Å². The maximum Gasteiger partial charge on any atom is 0.242 e. The molecule has 1 heterocycles. The fourth-order valence-electron chi connectivity index (χ4n) is 6.67. The van der Waals surface area contributed by atoms with Gasteiger partial charge in [-0.1, -0.05) is 19.9 Å². The normalized spacial score (nSPS) is 40.8. The number of carbonyl (C=O) groups is 3. The number of nitrogens with zero attached hydrogens (tertiary/aromatic N) is 2. The molecule has 5 heteroatoms. The highest BCUT2D eigenvalue weighted by molar-refractivity contribution is 5.88. The number of hydrogen-bond donors (Lipinski definition) is 0. The van der Waals surface area contributed by atoms with Crippen molar-refractivity contribution in [2.45, 2.75) is 58.8 Å². The summed E-state index contributed by atoms with van der Waals surface area (Å²) in [6, 6.07) is 0. The van der Waals surface area contributed by atoms with Gasteiger partial charge in [-0.25, -0.2) is 0 Å². The monoisotopic (exact) mass is 372 g/mol. The minimum Gasteiger partial charge on any atom is -0.347 e. The van der Waals surface area contributed by atoms with Crippen LogP contribution in [0.5, 0.6) is 0 Å². The second-order valence-electron chi connectivity index (χ2n) is 9.81. The number of ketones is 1. The van der Waals surface area contributed by atoms with Gasteiger partial charge in [-0.15, -0.1) is 0 Å². The first kappa shape index (κ1) is 18.7. The Morgan fingerprint density at radius 1 is 1.11 bits per heavy atom. The van der Waals surface area contributed by atoms with Crippen molar-refractivity contribution in [3.63, 3.8) is 0 Å². The lowest BCUT2D eigenvalue weighted by Crippen LogP contribution is -2.55. The zero-order chi connectivity index (χ0) is 19.6. The molecule has 4 rings (SSSR count). The van der Waals surface area contributed by atoms with Gasteiger partial charge < -0.3 is 9.80 Å². The smallest absolute Gasteiger partial charge is 0.242 e. The molecule has 1 saturated heterocycles. The molecule has 4 aliphatic rings. The van der Waals surface area contributed by atoms with E-state index in [9.17, 15) is 14.4 Å². The third-order valence-electron chi connectivity index (χ3n) is 8.38. The van der Waals surface area contributed by atoms with E-state index in [4.69, 9.17) is 0 Å². The molecular weight excluding hydrogens is 340 g/mol. The summed E-state index contributed by atoms with van der Waals surface area (Å²) < 4.78 is 0. The van der Waals surface area contributed by atoms with E-state index in [0.717, 1.165) is 44.2 Å². The summed E-state index contributed by atoms with van der Waals surface area (Å²) in [6.07, 6.45) is 8.34. The van der Waals surface area contributed by atoms with Crippen molar-refractivity contribution in [3.8, 4) is 0 Å². The van der Waals surface area contributed by atoms with E-state index in [0.29, 0.717) is 30.0 Å². The maximum atomic E-state index is 12.7. The zero-order valence-corrected chi connectivity index (χ0v) is 17.1. The van der Waals surface area contributed by atoms with Crippen LogP contribution in [0.2, 0.25) is 0 Å². The fraction of sp³-hybridized carbons (Fsp3) is 0.773. The molecule has 2 amide bonds. The Labute approximate surface area is 162 Å². The highest BCUT2D eigenvalue weighted by Crippen LogP contribution is 2.63. The van der Waals surface area contributed by atoms with Gasteiger partial charge in [0.1, 0.15) is 12.3 Å². The van der Waals surface area contributed by atoms with Gasteiger partial charge in [-0.05, 0) is 49.9 Å². The number of piperidine rings is 1. The van der Waals surface area contributed by atoms with E-state index in [1.165, 1.54) is 0 Å². The van der Waals surface area contributed by atoms with Crippen LogP contribution in [0, 0.1) is 28.6 Å². The van der Waals surface area contributed by atoms with Crippen LogP contribution in [0.25, 0.3) is 0 Å². The number of carbonyl (C=O) groups excluding carboxylic acids is 3. The first-order valence-corrected chi connectivity index (χ1v) is 10.4. The molecule has 3 aliphatic carbocycles. The Morgan fingerprint density at radius 2 is 1.81 bits per heavy atom. The number of hydrogen-bond acceptors (Lipinski definition) is 3. The summed E-state index contributed by atoms with van der Waals surface area (Å²) in [5.74, 6) is 2.02. The van der Waals surface area contributed by atoms with Gasteiger partial charge in [0.2, 0.25) is 11.8 Å². The third kappa shape index (κ3) is 2.60. The number of fused-ring (bicyclic) bond motifs is 5. The van der Waals surface area contributed by atoms with E-state index >= 15 is 0 Å². The average molecular weight is 373 g/mol. The molecule has 0 bridgehead atoms. The lowest BCUT2D eigenvalue weighted by molar-refractivity contribution is -0.144. The number of allylic oxidation sites excluding steroid dienone is 2. The molecule has 5 nitrogen and oxygen atoms in total. The Kier molecular flexibility index (Phi) is 4.28. The molecule has 0 N–H and O–H groups in total. The molecule has 0 aromatic carbocycles. The van der Waals surface area contributed by atoms with Crippen molar-refractivity contribution >= 4 is 17.6 Å². The van der Waals surface area contributed by atoms with Crippen molar-refractivity contribution in [1.29, 1.82) is 0 Å². The minimum atomic E-state index is -0.131. The standard InChI is InChI=1S/C22H32N2O3/c1-21-12-10-19(26)24(13-20(27)23(3)4)17(21)7-5-14-15-6-8-18(25)22(15,2)11-9-16(14)21/h7,14-16H,5-6,8-13H2,1-4H3/t14-,15-,16-,21+,22-/m0/s1. The maximum absolute atomic E-state index is 12.7. The summed E-state index contributed by atoms with van der Waals surface area (Å²) in [7, 11) is 3.47. The molecule has 0 spiro atoms. The van der Waals surface area contributed by atoms with Crippen LogP contribution in [0.15, 0.2) is 11.8 Å². The summed E-state index contributed by atoms with van der Waals surface area (Å²) in [5.41, 5.74) is 0.882. The predicted molar refractivity (Wildman–Crippen MR) is 103 cm³/mol. The molecular formula is C22H32N2O3. The average Bonchev–Trinajstić information content (AvgIpc) is 2.93. The van der Waals surface area contributed by atoms with Gasteiger partial charge in [0.25, 0.3) is 0 Å². The summed E-state index contributed by atoms with van der Waals surface area (Å²) in [4.78, 5) is 40.8. The number of rotatable bonds is 2. The Morgan fingerprint density at radius 3 is 2.52 bits per heavy atom. The number of amides is 2. The molecule has 148 valence electrons. The van der Waals surface area contributed by atoms with E-state index in [2.05, 4.69) is 19.9 Å². The van der Waals surface area contributed by atoms with Crippen LogP contribution in [0.3, 0.4) is 0 Å². The Balaban J connectivity index is 1.67. The third-order valence-corrected chi connectivity index (χ3v) is 8.38. The topological polar surface area (TPSA) is 57.7 Å². The minimum absolute atomic E-state index is 0.0340. The van der Waals surface area contributed by atoms with Crippen molar-refractivity contribution in [3.05, 3.63) is 11.8 Å². The van der Waals surface area contributed by atoms with E-state index < -0.39 is 0 Å². The largest absolute Gasteiger partial charge is 0.347 e. The van der Waals surface area contributed by atoms with Crippen molar-refractivity contribution in [2.24, 2.45) is 28.6 Å². The SMILES string of the molecule is CN(C)C(=O)CN1C(=O)CC[C@@]2(C)C1=CC[C@@H]1[C@@H]2CC[C@]2(C)C(=O)CC[C@@H]12. The first-order valence-electron chi connectivity index (χ1n) is 10.4. The second-order valence-corrected chi connectivity index (χ2v) is 9.81. The lowest BCUT2D eigenvalue weighted by Gasteiger charge is -2.57. The zero-order valence-electron chi connectivity index (χ0n) is 17.1. The number of Topliss-reactive ketones (excluding diaryl/α,β-unsaturated/α-hetero) is 1. The van der Waals surface area contributed by atoms with Crippen LogP contribution in [0.1, 0.15) is 58.8 Å². The van der Waals surface area contributed by atoms with Gasteiger partial charge in [0.05, 0.1) is 0 Å². The van der Waals surface area contributed by atoms with Gasteiger partial charge in [0.15, 0.2) is 0 Å². The predicted octanol–water partition coefficient (Wildman–Crippen LogP) is 3.00.